The lowest BCUT2D eigenvalue weighted by atomic mass is 9.92. The number of halogens is 2. The number of urea groups is 1. The molecule has 0 atom stereocenters. The Bertz CT molecular complexity index is 2670. The zero-order valence-corrected chi connectivity index (χ0v) is 36.8. The summed E-state index contributed by atoms with van der Waals surface area (Å²) < 4.78 is 73.3. The van der Waals surface area contributed by atoms with Crippen molar-refractivity contribution in [2.24, 2.45) is 17.5 Å². The first-order chi connectivity index (χ1) is 29.4. The maximum Gasteiger partial charge on any atom is 0.341 e. The molecule has 2 aliphatic rings. The van der Waals surface area contributed by atoms with Crippen LogP contribution < -0.4 is 39.3 Å². The number of carbonyl (C=O) groups is 4. The summed E-state index contributed by atoms with van der Waals surface area (Å²) in [7, 11) is -4.95. The molecule has 0 radical (unpaired) electrons. The molecule has 0 bridgehead atoms. The Labute approximate surface area is 365 Å². The number of aromatic carboxylic acids is 1. The zero-order chi connectivity index (χ0) is 47.0. The number of carbonyl (C=O) groups excluding carboxylic acids is 2. The van der Waals surface area contributed by atoms with Crippen LogP contribution >= 0.6 is 30.7 Å². The smallest absolute Gasteiger partial charge is 0.341 e. The summed E-state index contributed by atoms with van der Waals surface area (Å²) in [4.78, 5) is 75.6. The van der Waals surface area contributed by atoms with E-state index in [0.29, 0.717) is 20.9 Å². The largest absolute Gasteiger partial charge is 0.481 e. The number of fused-ring (bicyclic) bond motifs is 2. The normalized spacial score (nSPS) is 14.1. The van der Waals surface area contributed by atoms with Gasteiger partial charge in [0.25, 0.3) is 15.9 Å². The lowest BCUT2D eigenvalue weighted by molar-refractivity contribution is -0.135. The lowest BCUT2D eigenvalue weighted by Gasteiger charge is -2.28. The fourth-order valence-corrected chi connectivity index (χ4v) is 8.22. The Morgan fingerprint density at radius 3 is 2.38 bits per heavy atom. The van der Waals surface area contributed by atoms with Gasteiger partial charge < -0.3 is 38.8 Å². The van der Waals surface area contributed by atoms with Crippen molar-refractivity contribution >= 4 is 82.0 Å². The van der Waals surface area contributed by atoms with Crippen molar-refractivity contribution in [3.8, 4) is 29.9 Å². The third-order valence-electron chi connectivity index (χ3n) is 8.00. The summed E-state index contributed by atoms with van der Waals surface area (Å²) in [6.07, 6.45) is 5.62. The molecule has 3 amide bonds. The molecule has 0 spiro atoms. The number of ether oxygens (including phenoxy) is 3. The third-order valence-corrected chi connectivity index (χ3v) is 11.1. The van der Waals surface area contributed by atoms with Crippen LogP contribution in [0.25, 0.3) is 0 Å². The first-order valence-corrected chi connectivity index (χ1v) is 21.9. The van der Waals surface area contributed by atoms with E-state index in [-0.39, 0.29) is 47.9 Å². The van der Waals surface area contributed by atoms with Crippen LogP contribution in [0.2, 0.25) is 5.15 Å². The molecular weight excluding hydrogens is 924 g/mol. The van der Waals surface area contributed by atoms with E-state index in [0.717, 1.165) is 25.8 Å². The van der Waals surface area contributed by atoms with Crippen molar-refractivity contribution in [2.45, 2.75) is 31.8 Å². The molecule has 0 unspecified atom stereocenters. The van der Waals surface area contributed by atoms with Gasteiger partial charge in [0.2, 0.25) is 22.5 Å². The SMILES string of the molecule is C#CCN1C(=O)COc2cc(F)c(/N=c3\snc4n3CC(C)(C)C4)cc21.COc1cc(OC)nc(NC(=O)NS(=O)(=O)c2c(C(=O)O)c(Cl)nn2C)n1.O=C(O)CNCP(=O)(O)O. The fourth-order valence-electron chi connectivity index (χ4n) is 5.49. The molecule has 63 heavy (non-hydrogen) atoms. The monoisotopic (exact) mass is 961 g/mol. The molecule has 4 aromatic rings. The maximum atomic E-state index is 14.5. The molecule has 7 N–H and O–H groups in total. The van der Waals surface area contributed by atoms with Crippen molar-refractivity contribution in [2.75, 3.05) is 50.4 Å². The standard InChI is InChI=1S/C18H17FN4O2S.C12H13ClN6O7S.C3H8NO5P/c1-4-5-22-13-7-12(11(19)6-14(13)25-9-16(22)24)20-17-23-10-18(2,3)8-15(23)21-26-17;1-19-9(7(10(20)21)8(13)17-19)27(23,24)18-12(22)16-11-14-5(25-2)4-6(15-11)26-3;5-3(6)1-4-2-10(7,8)9/h1,6-7H,5,8-10H2,2-3H3;4H,1-3H3,(H,20,21)(H2,14,15,16,18,22);4H,1-2H2,(H,5,6)(H2,7,8,9)/b20-17-;;. The highest BCUT2D eigenvalue weighted by molar-refractivity contribution is 7.90. The van der Waals surface area contributed by atoms with E-state index in [9.17, 15) is 36.6 Å². The number of benzene rings is 1. The number of methoxy groups -OCH3 is 2. The van der Waals surface area contributed by atoms with Crippen molar-refractivity contribution in [1.29, 1.82) is 0 Å². The zero-order valence-electron chi connectivity index (χ0n) is 33.5. The molecule has 2 aliphatic heterocycles. The van der Waals surface area contributed by atoms with Gasteiger partial charge in [0, 0.05) is 37.6 Å². The van der Waals surface area contributed by atoms with Crippen molar-refractivity contribution in [3.63, 3.8) is 0 Å². The van der Waals surface area contributed by atoms with Gasteiger partial charge in [-0.25, -0.2) is 23.7 Å². The number of hydrogen-bond donors (Lipinski definition) is 7. The fraction of sp³-hybridized carbons (Fsp3) is 0.364. The van der Waals surface area contributed by atoms with Gasteiger partial charge in [0.15, 0.2) is 22.6 Å². The van der Waals surface area contributed by atoms with Gasteiger partial charge in [0.05, 0.1) is 45.3 Å². The van der Waals surface area contributed by atoms with Crippen LogP contribution in [0.1, 0.15) is 30.0 Å². The number of nitrogens with one attached hydrogen (secondary N) is 3. The summed E-state index contributed by atoms with van der Waals surface area (Å²) in [6.45, 7) is 4.61. The van der Waals surface area contributed by atoms with Crippen molar-refractivity contribution < 1.29 is 70.8 Å². The molecule has 5 heterocycles. The lowest BCUT2D eigenvalue weighted by Crippen LogP contribution is -2.39. The Hall–Kier alpha value is -6.21. The Balaban J connectivity index is 0.000000229. The van der Waals surface area contributed by atoms with E-state index >= 15 is 0 Å². The molecule has 30 heteroatoms. The average Bonchev–Trinajstić information content (AvgIpc) is 3.80. The molecular formula is C33H38ClFN11O14PS2. The second-order valence-electron chi connectivity index (χ2n) is 13.5. The number of aryl methyl sites for hydroxylation is 1. The number of carboxylic acids is 2. The highest BCUT2D eigenvalue weighted by atomic mass is 35.5. The molecule has 340 valence electrons. The first-order valence-electron chi connectivity index (χ1n) is 17.4. The van der Waals surface area contributed by atoms with Crippen LogP contribution in [0, 0.1) is 23.6 Å². The highest BCUT2D eigenvalue weighted by Gasteiger charge is 2.33. The van der Waals surface area contributed by atoms with Crippen LogP contribution in [-0.4, -0.2) is 121 Å². The van der Waals surface area contributed by atoms with E-state index in [2.05, 4.69) is 54.8 Å². The topological polar surface area (TPSA) is 341 Å². The number of anilines is 2. The second-order valence-corrected chi connectivity index (χ2v) is 17.9. The molecule has 0 saturated heterocycles. The number of carboxylic acid groups (broad SMARTS) is 2. The first kappa shape index (κ1) is 49.4. The molecule has 25 nitrogen and oxygen atoms in total. The van der Waals surface area contributed by atoms with E-state index in [1.54, 1.807) is 4.72 Å². The number of hydrogen-bond acceptors (Lipinski definition) is 17. The van der Waals surface area contributed by atoms with Crippen molar-refractivity contribution in [1.82, 2.24) is 38.7 Å². The number of aromatic nitrogens is 6. The highest BCUT2D eigenvalue weighted by Crippen LogP contribution is 2.38. The van der Waals surface area contributed by atoms with Gasteiger partial charge >= 0.3 is 25.6 Å². The van der Waals surface area contributed by atoms with Crippen LogP contribution in [0.5, 0.6) is 17.5 Å². The summed E-state index contributed by atoms with van der Waals surface area (Å²) in [5.74, 6) is -0.0763. The number of rotatable bonds is 12. The quantitative estimate of drug-likeness (QED) is 0.0773. The van der Waals surface area contributed by atoms with Gasteiger partial charge in [-0.15, -0.1) is 6.42 Å². The number of amides is 3. The van der Waals surface area contributed by atoms with Gasteiger partial charge in [0.1, 0.15) is 22.8 Å². The van der Waals surface area contributed by atoms with Crippen LogP contribution in [0.15, 0.2) is 28.2 Å². The van der Waals surface area contributed by atoms with Crippen LogP contribution in [0.4, 0.5) is 26.5 Å². The van der Waals surface area contributed by atoms with E-state index in [1.165, 1.54) is 48.9 Å². The number of nitrogens with zero attached hydrogens (tertiary/aromatic N) is 8. The molecule has 3 aromatic heterocycles. The van der Waals surface area contributed by atoms with Crippen LogP contribution in [0.3, 0.4) is 0 Å². The minimum absolute atomic E-state index is 0.0478. The summed E-state index contributed by atoms with van der Waals surface area (Å²) in [6, 6.07) is 2.82. The second kappa shape index (κ2) is 20.3. The molecule has 0 aliphatic carbocycles. The molecule has 0 fully saturated rings. The third kappa shape index (κ3) is 13.2. The predicted molar refractivity (Wildman–Crippen MR) is 218 cm³/mol. The Kier molecular flexibility index (Phi) is 15.9. The summed E-state index contributed by atoms with van der Waals surface area (Å²) in [5.41, 5.74) is -0.101. The van der Waals surface area contributed by atoms with Crippen molar-refractivity contribution in [3.05, 3.63) is 45.4 Å². The van der Waals surface area contributed by atoms with E-state index in [1.807, 2.05) is 4.57 Å². The molecule has 1 aromatic carbocycles. The van der Waals surface area contributed by atoms with Crippen LogP contribution in [-0.2, 0) is 44.2 Å². The van der Waals surface area contributed by atoms with E-state index in [4.69, 9.17) is 52.2 Å². The Morgan fingerprint density at radius 1 is 1.16 bits per heavy atom. The Morgan fingerprint density at radius 2 is 1.81 bits per heavy atom. The molecule has 0 saturated carbocycles. The van der Waals surface area contributed by atoms with E-state index < -0.39 is 70.0 Å². The maximum absolute atomic E-state index is 14.5. The average molecular weight is 962 g/mol. The van der Waals surface area contributed by atoms with Gasteiger partial charge in [-0.3, -0.25) is 34.4 Å². The van der Waals surface area contributed by atoms with Gasteiger partial charge in [-0.1, -0.05) is 31.4 Å². The molecule has 6 rings (SSSR count). The predicted octanol–water partition coefficient (Wildman–Crippen LogP) is 1.14. The number of aliphatic carboxylic acids is 1. The number of terminal acetylenes is 1. The summed E-state index contributed by atoms with van der Waals surface area (Å²) in [5, 5.41) is 23.4. The van der Waals surface area contributed by atoms with Gasteiger partial charge in [-0.05, 0) is 11.5 Å². The number of sulfonamides is 1. The summed E-state index contributed by atoms with van der Waals surface area (Å²) >= 11 is 6.87. The van der Waals surface area contributed by atoms with Gasteiger partial charge in [-0.2, -0.15) is 27.9 Å². The minimum Gasteiger partial charge on any atom is -0.481 e. The minimum atomic E-state index is -4.64.